The summed E-state index contributed by atoms with van der Waals surface area (Å²) in [6.07, 6.45) is 1.81. The van der Waals surface area contributed by atoms with Gasteiger partial charge >= 0.3 is 0 Å². The van der Waals surface area contributed by atoms with E-state index < -0.39 is 0 Å². The van der Waals surface area contributed by atoms with E-state index >= 15 is 0 Å². The van der Waals surface area contributed by atoms with Crippen molar-refractivity contribution in [3.63, 3.8) is 0 Å². The van der Waals surface area contributed by atoms with Gasteiger partial charge < -0.3 is 5.32 Å². The molecule has 0 radical (unpaired) electrons. The molecule has 1 unspecified atom stereocenters. The molecule has 5 heteroatoms. The van der Waals surface area contributed by atoms with Crippen molar-refractivity contribution in [2.24, 2.45) is 0 Å². The van der Waals surface area contributed by atoms with Crippen LogP contribution in [-0.4, -0.2) is 4.98 Å². The first kappa shape index (κ1) is 10.1. The van der Waals surface area contributed by atoms with Crippen molar-refractivity contribution in [2.75, 3.05) is 5.32 Å². The van der Waals surface area contributed by atoms with Crippen molar-refractivity contribution in [2.45, 2.75) is 13.0 Å². The molecule has 0 spiro atoms. The molecule has 0 aliphatic carbocycles. The Morgan fingerprint density at radius 1 is 1.50 bits per heavy atom. The molecule has 0 saturated carbocycles. The summed E-state index contributed by atoms with van der Waals surface area (Å²) in [6, 6.07) is 4.51. The second kappa shape index (κ2) is 4.42. The monoisotopic (exact) mass is 288 g/mol. The number of rotatable bonds is 3. The predicted molar refractivity (Wildman–Crippen MR) is 66.2 cm³/mol. The van der Waals surface area contributed by atoms with Gasteiger partial charge in [0.1, 0.15) is 0 Å². The second-order valence-corrected chi connectivity index (χ2v) is 6.23. The van der Waals surface area contributed by atoms with E-state index in [0.717, 1.165) is 5.13 Å². The van der Waals surface area contributed by atoms with Crippen LogP contribution in [0.4, 0.5) is 5.13 Å². The standard InChI is InChI=1S/C9H9BrN2S2/c1-6(7-2-3-8(10)14-7)12-9-11-4-5-13-9/h2-6H,1H3,(H,11,12). The van der Waals surface area contributed by atoms with Gasteiger partial charge in [0, 0.05) is 16.5 Å². The summed E-state index contributed by atoms with van der Waals surface area (Å²) in [7, 11) is 0. The molecule has 2 aromatic rings. The van der Waals surface area contributed by atoms with Crippen LogP contribution >= 0.6 is 38.6 Å². The molecule has 2 aromatic heterocycles. The van der Waals surface area contributed by atoms with E-state index in [-0.39, 0.29) is 0 Å². The fraction of sp³-hybridized carbons (Fsp3) is 0.222. The molecule has 14 heavy (non-hydrogen) atoms. The first-order valence-electron chi connectivity index (χ1n) is 4.17. The molecular weight excluding hydrogens is 280 g/mol. The maximum absolute atomic E-state index is 4.19. The molecule has 2 rings (SSSR count). The largest absolute Gasteiger partial charge is 0.354 e. The summed E-state index contributed by atoms with van der Waals surface area (Å²) in [5.74, 6) is 0. The summed E-state index contributed by atoms with van der Waals surface area (Å²) < 4.78 is 1.17. The Labute approximate surface area is 99.1 Å². The number of anilines is 1. The molecule has 0 aliphatic heterocycles. The summed E-state index contributed by atoms with van der Waals surface area (Å²) in [5.41, 5.74) is 0. The van der Waals surface area contributed by atoms with Crippen LogP contribution < -0.4 is 5.32 Å². The quantitative estimate of drug-likeness (QED) is 0.918. The third-order valence-corrected chi connectivity index (χ3v) is 4.30. The minimum Gasteiger partial charge on any atom is -0.354 e. The van der Waals surface area contributed by atoms with Crippen LogP contribution in [0, 0.1) is 0 Å². The highest BCUT2D eigenvalue weighted by Gasteiger charge is 2.08. The summed E-state index contributed by atoms with van der Waals surface area (Å²) in [5, 5.41) is 6.29. The van der Waals surface area contributed by atoms with Gasteiger partial charge in [0.2, 0.25) is 0 Å². The van der Waals surface area contributed by atoms with Gasteiger partial charge in [-0.3, -0.25) is 0 Å². The van der Waals surface area contributed by atoms with E-state index in [9.17, 15) is 0 Å². The molecule has 74 valence electrons. The Hall–Kier alpha value is -0.390. The van der Waals surface area contributed by atoms with E-state index in [1.807, 2.05) is 11.6 Å². The lowest BCUT2D eigenvalue weighted by molar-refractivity contribution is 0.904. The SMILES string of the molecule is CC(Nc1nccs1)c1ccc(Br)s1. The zero-order valence-electron chi connectivity index (χ0n) is 7.53. The van der Waals surface area contributed by atoms with Crippen LogP contribution in [0.1, 0.15) is 17.8 Å². The van der Waals surface area contributed by atoms with Crippen molar-refractivity contribution >= 4 is 43.7 Å². The number of thiophene rings is 1. The topological polar surface area (TPSA) is 24.9 Å². The molecular formula is C9H9BrN2S2. The molecule has 1 atom stereocenters. The van der Waals surface area contributed by atoms with E-state index in [2.05, 4.69) is 45.3 Å². The van der Waals surface area contributed by atoms with Crippen molar-refractivity contribution in [3.8, 4) is 0 Å². The van der Waals surface area contributed by atoms with Crippen molar-refractivity contribution in [3.05, 3.63) is 32.4 Å². The lowest BCUT2D eigenvalue weighted by Crippen LogP contribution is -2.03. The van der Waals surface area contributed by atoms with Gasteiger partial charge in [0.15, 0.2) is 5.13 Å². The van der Waals surface area contributed by atoms with Gasteiger partial charge in [0.05, 0.1) is 9.83 Å². The zero-order chi connectivity index (χ0) is 9.97. The molecule has 0 amide bonds. The Bertz CT molecular complexity index is 397. The maximum atomic E-state index is 4.19. The molecule has 0 aliphatic rings. The van der Waals surface area contributed by atoms with Crippen LogP contribution in [0.2, 0.25) is 0 Å². The lowest BCUT2D eigenvalue weighted by Gasteiger charge is -2.09. The van der Waals surface area contributed by atoms with E-state index in [0.29, 0.717) is 6.04 Å². The zero-order valence-corrected chi connectivity index (χ0v) is 10.7. The van der Waals surface area contributed by atoms with Crippen LogP contribution in [0.5, 0.6) is 0 Å². The van der Waals surface area contributed by atoms with Gasteiger partial charge in [-0.15, -0.1) is 22.7 Å². The van der Waals surface area contributed by atoms with Crippen LogP contribution in [-0.2, 0) is 0 Å². The molecule has 2 heterocycles. The maximum Gasteiger partial charge on any atom is 0.183 e. The van der Waals surface area contributed by atoms with Crippen molar-refractivity contribution < 1.29 is 0 Å². The van der Waals surface area contributed by atoms with Gasteiger partial charge in [-0.1, -0.05) is 0 Å². The fourth-order valence-corrected chi connectivity index (χ4v) is 3.16. The highest BCUT2D eigenvalue weighted by Crippen LogP contribution is 2.29. The molecule has 0 bridgehead atoms. The molecule has 1 N–H and O–H groups in total. The van der Waals surface area contributed by atoms with E-state index in [4.69, 9.17) is 0 Å². The van der Waals surface area contributed by atoms with Crippen LogP contribution in [0.3, 0.4) is 0 Å². The Morgan fingerprint density at radius 3 is 2.93 bits per heavy atom. The predicted octanol–water partition coefficient (Wildman–Crippen LogP) is 4.14. The summed E-state index contributed by atoms with van der Waals surface area (Å²) in [4.78, 5) is 5.50. The minimum atomic E-state index is 0.317. The molecule has 2 nitrogen and oxygen atoms in total. The van der Waals surface area contributed by atoms with Gasteiger partial charge in [-0.2, -0.15) is 0 Å². The van der Waals surface area contributed by atoms with Gasteiger partial charge in [-0.25, -0.2) is 4.98 Å². The first-order chi connectivity index (χ1) is 6.75. The Kier molecular flexibility index (Phi) is 3.20. The number of hydrogen-bond donors (Lipinski definition) is 1. The number of halogens is 1. The number of nitrogens with zero attached hydrogens (tertiary/aromatic N) is 1. The van der Waals surface area contributed by atoms with Crippen molar-refractivity contribution in [1.82, 2.24) is 4.98 Å². The summed E-state index contributed by atoms with van der Waals surface area (Å²) in [6.45, 7) is 2.14. The van der Waals surface area contributed by atoms with Crippen LogP contribution in [0.25, 0.3) is 0 Å². The third kappa shape index (κ3) is 2.34. The Balaban J connectivity index is 2.06. The molecule has 0 saturated heterocycles. The normalized spacial score (nSPS) is 12.7. The summed E-state index contributed by atoms with van der Waals surface area (Å²) >= 11 is 6.83. The minimum absolute atomic E-state index is 0.317. The molecule has 0 aromatic carbocycles. The van der Waals surface area contributed by atoms with Gasteiger partial charge in [-0.05, 0) is 35.0 Å². The van der Waals surface area contributed by atoms with E-state index in [1.165, 1.54) is 8.66 Å². The van der Waals surface area contributed by atoms with Crippen molar-refractivity contribution in [1.29, 1.82) is 0 Å². The van der Waals surface area contributed by atoms with E-state index in [1.54, 1.807) is 22.7 Å². The highest BCUT2D eigenvalue weighted by atomic mass is 79.9. The number of aromatic nitrogens is 1. The first-order valence-corrected chi connectivity index (χ1v) is 6.66. The smallest absolute Gasteiger partial charge is 0.183 e. The second-order valence-electron chi connectivity index (χ2n) is 2.85. The number of thiazole rings is 1. The highest BCUT2D eigenvalue weighted by molar-refractivity contribution is 9.11. The Morgan fingerprint density at radius 2 is 2.36 bits per heavy atom. The number of hydrogen-bond acceptors (Lipinski definition) is 4. The lowest BCUT2D eigenvalue weighted by atomic mass is 10.3. The van der Waals surface area contributed by atoms with Gasteiger partial charge in [0.25, 0.3) is 0 Å². The fourth-order valence-electron chi connectivity index (χ4n) is 1.11. The molecule has 0 fully saturated rings. The average molecular weight is 289 g/mol. The van der Waals surface area contributed by atoms with Crippen LogP contribution in [0.15, 0.2) is 27.5 Å². The average Bonchev–Trinajstić information content (AvgIpc) is 2.75. The number of nitrogens with one attached hydrogen (secondary N) is 1. The third-order valence-electron chi connectivity index (χ3n) is 1.79.